The van der Waals surface area contributed by atoms with Crippen molar-refractivity contribution in [3.05, 3.63) is 144 Å². The largest absolute Gasteiger partial charge is 0.478 e. The summed E-state index contributed by atoms with van der Waals surface area (Å²) < 4.78 is 11.7. The number of hydrogen-bond acceptors (Lipinski definition) is 6. The number of carboxylic acids is 2. The van der Waals surface area contributed by atoms with Crippen molar-refractivity contribution in [2.45, 2.75) is 13.8 Å². The van der Waals surface area contributed by atoms with E-state index in [2.05, 4.69) is 35.3 Å². The lowest BCUT2D eigenvalue weighted by Crippen LogP contribution is -2.16. The quantitative estimate of drug-likeness (QED) is 0.108. The molecule has 0 aliphatic heterocycles. The molecule has 5 aromatic carbocycles. The highest BCUT2D eigenvalue weighted by Gasteiger charge is 2.17. The van der Waals surface area contributed by atoms with Gasteiger partial charge in [0.05, 0.1) is 22.3 Å². The third-order valence-electron chi connectivity index (χ3n) is 6.32. The van der Waals surface area contributed by atoms with E-state index in [-0.39, 0.29) is 22.3 Å². The normalized spacial score (nSPS) is 9.44. The van der Waals surface area contributed by atoms with Crippen molar-refractivity contribution in [3.63, 3.8) is 0 Å². The second-order valence-electron chi connectivity index (χ2n) is 9.91. The number of ether oxygens (including phenoxy) is 2. The molecule has 0 atom stereocenters. The van der Waals surface area contributed by atoms with Crippen LogP contribution >= 0.6 is 0 Å². The minimum Gasteiger partial charge on any atom is -0.478 e. The smallest absolute Gasteiger partial charge is 0.336 e. The van der Waals surface area contributed by atoms with Gasteiger partial charge in [0.1, 0.15) is 23.0 Å². The third-order valence-corrected chi connectivity index (χ3v) is 6.32. The van der Waals surface area contributed by atoms with E-state index < -0.39 is 23.8 Å². The highest BCUT2D eigenvalue weighted by atomic mass is 16.5. The van der Waals surface area contributed by atoms with E-state index in [4.69, 9.17) is 9.47 Å². The van der Waals surface area contributed by atoms with Crippen LogP contribution in [0.4, 0.5) is 11.4 Å². The summed E-state index contributed by atoms with van der Waals surface area (Å²) in [4.78, 5) is 47.9. The molecule has 50 heavy (non-hydrogen) atoms. The van der Waals surface area contributed by atoms with Crippen LogP contribution in [0.15, 0.2) is 121 Å². The van der Waals surface area contributed by atoms with E-state index in [0.29, 0.717) is 34.4 Å². The van der Waals surface area contributed by atoms with Crippen LogP contribution in [0.25, 0.3) is 0 Å². The van der Waals surface area contributed by atoms with Crippen LogP contribution in [-0.2, 0) is 0 Å². The minimum absolute atomic E-state index is 0.0597. The summed E-state index contributed by atoms with van der Waals surface area (Å²) in [6.45, 7) is 3.31. The molecule has 0 aliphatic carbocycles. The van der Waals surface area contributed by atoms with Crippen LogP contribution in [-0.4, -0.2) is 34.0 Å². The van der Waals surface area contributed by atoms with Gasteiger partial charge in [0, 0.05) is 11.4 Å². The standard InChI is InChI=1S/C34H24N2O8.2C3H4/c37-31(27-5-1-3-7-29(27)33(39)40)35-21-9-13-23(14-10-21)43-25-17-19-26(20-18-25)44-24-15-11-22(12-16-24)36-32(38)28-6-2-4-8-30(28)34(41)42;2*1-3-2/h1-20H,(H,35,37)(H,36,38)(H,39,40)(H,41,42);2*1H,2H3. The van der Waals surface area contributed by atoms with E-state index in [1.54, 1.807) is 111 Å². The van der Waals surface area contributed by atoms with E-state index in [1.165, 1.54) is 24.3 Å². The Morgan fingerprint density at radius 1 is 0.480 bits per heavy atom. The zero-order valence-corrected chi connectivity index (χ0v) is 27.0. The lowest BCUT2D eigenvalue weighted by atomic mass is 10.1. The molecular formula is C40H32N2O8. The molecule has 250 valence electrons. The van der Waals surface area contributed by atoms with Gasteiger partial charge in [-0.15, -0.1) is 24.7 Å². The Morgan fingerprint density at radius 2 is 0.720 bits per heavy atom. The van der Waals surface area contributed by atoms with Crippen molar-refractivity contribution in [2.24, 2.45) is 0 Å². The van der Waals surface area contributed by atoms with Crippen molar-refractivity contribution in [3.8, 4) is 47.7 Å². The molecule has 0 fully saturated rings. The number of benzene rings is 5. The van der Waals surface area contributed by atoms with E-state index >= 15 is 0 Å². The first-order chi connectivity index (χ1) is 24.1. The molecule has 0 spiro atoms. The topological polar surface area (TPSA) is 151 Å². The molecule has 0 aliphatic rings. The summed E-state index contributed by atoms with van der Waals surface area (Å²) in [7, 11) is 0. The average Bonchev–Trinajstić information content (AvgIpc) is 3.11. The number of hydrogen-bond donors (Lipinski definition) is 4. The second kappa shape index (κ2) is 18.7. The fourth-order valence-corrected chi connectivity index (χ4v) is 4.19. The maximum absolute atomic E-state index is 12.6. The van der Waals surface area contributed by atoms with E-state index in [1.807, 2.05) is 0 Å². The number of rotatable bonds is 10. The molecule has 0 heterocycles. The van der Waals surface area contributed by atoms with Crippen LogP contribution in [0.5, 0.6) is 23.0 Å². The lowest BCUT2D eigenvalue weighted by molar-refractivity contribution is 0.0683. The zero-order chi connectivity index (χ0) is 36.5. The molecule has 5 aromatic rings. The summed E-state index contributed by atoms with van der Waals surface area (Å²) in [5.41, 5.74) is 0.900. The average molecular weight is 669 g/mol. The van der Waals surface area contributed by atoms with Crippen LogP contribution in [0.1, 0.15) is 55.3 Å². The van der Waals surface area contributed by atoms with Gasteiger partial charge < -0.3 is 30.3 Å². The Bertz CT molecular complexity index is 1870. The highest BCUT2D eigenvalue weighted by molar-refractivity contribution is 6.11. The number of aromatic carboxylic acids is 2. The van der Waals surface area contributed by atoms with Gasteiger partial charge in [-0.05, 0) is 111 Å². The Kier molecular flexibility index (Phi) is 13.9. The van der Waals surface area contributed by atoms with Gasteiger partial charge in [0.2, 0.25) is 0 Å². The summed E-state index contributed by atoms with van der Waals surface area (Å²) in [5.74, 6) is 3.20. The number of amides is 2. The lowest BCUT2D eigenvalue weighted by Gasteiger charge is -2.11. The van der Waals surface area contributed by atoms with Crippen molar-refractivity contribution < 1.29 is 38.9 Å². The highest BCUT2D eigenvalue weighted by Crippen LogP contribution is 2.28. The van der Waals surface area contributed by atoms with Crippen molar-refractivity contribution in [1.82, 2.24) is 0 Å². The van der Waals surface area contributed by atoms with Crippen LogP contribution in [0.2, 0.25) is 0 Å². The minimum atomic E-state index is -1.18. The van der Waals surface area contributed by atoms with Crippen LogP contribution in [0.3, 0.4) is 0 Å². The zero-order valence-electron chi connectivity index (χ0n) is 27.0. The fourth-order valence-electron chi connectivity index (χ4n) is 4.19. The van der Waals surface area contributed by atoms with Gasteiger partial charge in [-0.2, -0.15) is 0 Å². The SMILES string of the molecule is C#CC.C#CC.O=C(O)c1ccccc1C(=O)Nc1ccc(Oc2ccc(Oc3ccc(NC(=O)c4ccccc4C(=O)O)cc3)cc2)cc1. The van der Waals surface area contributed by atoms with Gasteiger partial charge in [-0.25, -0.2) is 9.59 Å². The number of carbonyl (C=O) groups is 4. The van der Waals surface area contributed by atoms with Gasteiger partial charge in [0.25, 0.3) is 11.8 Å². The molecule has 10 heteroatoms. The number of carboxylic acid groups (broad SMARTS) is 2. The Labute approximate surface area is 289 Å². The summed E-state index contributed by atoms with van der Waals surface area (Å²) in [5, 5.41) is 24.0. The number of anilines is 2. The summed E-state index contributed by atoms with van der Waals surface area (Å²) in [6.07, 6.45) is 9.19. The molecule has 0 saturated heterocycles. The Morgan fingerprint density at radius 3 is 0.980 bits per heavy atom. The Balaban J connectivity index is 0.00000105. The predicted octanol–water partition coefficient (Wildman–Crippen LogP) is 8.45. The molecule has 0 aromatic heterocycles. The maximum Gasteiger partial charge on any atom is 0.336 e. The maximum atomic E-state index is 12.6. The molecule has 10 nitrogen and oxygen atoms in total. The molecule has 0 saturated carbocycles. The molecule has 0 bridgehead atoms. The molecule has 5 rings (SSSR count). The third kappa shape index (κ3) is 10.9. The van der Waals surface area contributed by atoms with Gasteiger partial charge in [0.15, 0.2) is 0 Å². The first-order valence-corrected chi connectivity index (χ1v) is 14.8. The molecular weight excluding hydrogens is 636 g/mol. The molecule has 4 N–H and O–H groups in total. The second-order valence-corrected chi connectivity index (χ2v) is 9.91. The molecule has 2 amide bonds. The number of carbonyl (C=O) groups excluding carboxylic acids is 2. The number of terminal acetylenes is 2. The monoisotopic (exact) mass is 668 g/mol. The summed E-state index contributed by atoms with van der Waals surface area (Å²) >= 11 is 0. The van der Waals surface area contributed by atoms with Crippen molar-refractivity contribution in [2.75, 3.05) is 10.6 Å². The molecule has 0 radical (unpaired) electrons. The van der Waals surface area contributed by atoms with E-state index in [0.717, 1.165) is 0 Å². The fraction of sp³-hybridized carbons (Fsp3) is 0.0500. The Hall–Kier alpha value is -7.30. The van der Waals surface area contributed by atoms with Gasteiger partial charge in [-0.1, -0.05) is 24.3 Å². The van der Waals surface area contributed by atoms with Crippen LogP contribution < -0.4 is 20.1 Å². The summed E-state index contributed by atoms with van der Waals surface area (Å²) in [6, 6.07) is 32.1. The molecule has 0 unspecified atom stereocenters. The van der Waals surface area contributed by atoms with Crippen molar-refractivity contribution in [1.29, 1.82) is 0 Å². The predicted molar refractivity (Wildman–Crippen MR) is 191 cm³/mol. The van der Waals surface area contributed by atoms with Crippen molar-refractivity contribution >= 4 is 35.1 Å². The van der Waals surface area contributed by atoms with E-state index in [9.17, 15) is 29.4 Å². The first-order valence-electron chi connectivity index (χ1n) is 14.8. The van der Waals surface area contributed by atoms with Crippen LogP contribution in [0, 0.1) is 24.7 Å². The number of nitrogens with one attached hydrogen (secondary N) is 2. The van der Waals surface area contributed by atoms with Gasteiger partial charge >= 0.3 is 11.9 Å². The van der Waals surface area contributed by atoms with Gasteiger partial charge in [-0.3, -0.25) is 9.59 Å². The first kappa shape index (κ1) is 37.2.